The summed E-state index contributed by atoms with van der Waals surface area (Å²) in [6.45, 7) is 2.70. The third-order valence-corrected chi connectivity index (χ3v) is 7.79. The highest BCUT2D eigenvalue weighted by Crippen LogP contribution is 2.48. The highest BCUT2D eigenvalue weighted by molar-refractivity contribution is 6.10. The van der Waals surface area contributed by atoms with Crippen LogP contribution in [0.25, 0.3) is 10.9 Å². The van der Waals surface area contributed by atoms with E-state index >= 15 is 0 Å². The number of carbonyl (C=O) groups is 3. The normalized spacial score (nSPS) is 15.8. The van der Waals surface area contributed by atoms with Gasteiger partial charge in [-0.3, -0.25) is 14.6 Å². The van der Waals surface area contributed by atoms with Gasteiger partial charge in [0.1, 0.15) is 17.2 Å². The number of pyridine rings is 1. The van der Waals surface area contributed by atoms with E-state index in [9.17, 15) is 14.4 Å². The number of ether oxygens (including phenoxy) is 2. The molecule has 2 fully saturated rings. The highest BCUT2D eigenvalue weighted by Gasteiger charge is 2.54. The van der Waals surface area contributed by atoms with E-state index in [1.54, 1.807) is 35.4 Å². The van der Waals surface area contributed by atoms with Crippen LogP contribution < -0.4 is 14.8 Å². The molecule has 208 valence electrons. The van der Waals surface area contributed by atoms with Crippen molar-refractivity contribution in [1.29, 1.82) is 0 Å². The molecule has 1 saturated heterocycles. The molecule has 1 aliphatic carbocycles. The fraction of sp³-hybridized carbons (Fsp3) is 0.273. The Hall–Kier alpha value is -4.56. The molecule has 1 amide bonds. The maximum absolute atomic E-state index is 13.2. The first-order chi connectivity index (χ1) is 20.0. The molecule has 6 rings (SSSR count). The molecule has 8 heteroatoms. The summed E-state index contributed by atoms with van der Waals surface area (Å²) in [6, 6.07) is 24.0. The van der Waals surface area contributed by atoms with Crippen molar-refractivity contribution in [2.24, 2.45) is 5.41 Å². The van der Waals surface area contributed by atoms with Gasteiger partial charge in [-0.05, 0) is 60.4 Å². The van der Waals surface area contributed by atoms with Crippen molar-refractivity contribution < 1.29 is 23.9 Å². The van der Waals surface area contributed by atoms with Crippen molar-refractivity contribution in [2.75, 3.05) is 26.2 Å². The van der Waals surface area contributed by atoms with E-state index in [-0.39, 0.29) is 30.5 Å². The lowest BCUT2D eigenvalue weighted by molar-refractivity contribution is -0.133. The van der Waals surface area contributed by atoms with E-state index in [0.29, 0.717) is 54.1 Å². The van der Waals surface area contributed by atoms with E-state index in [4.69, 9.17) is 9.47 Å². The zero-order valence-corrected chi connectivity index (χ0v) is 22.7. The SMILES string of the molecule is O=C(Oc1ccc2nccc(Oc3ccc(CC(=O)C4(C(=O)Cc5ccccc5)CC4)cc3)c2c1)N1CCNCC1. The maximum atomic E-state index is 13.2. The molecule has 0 bridgehead atoms. The lowest BCUT2D eigenvalue weighted by atomic mass is 9.88. The Balaban J connectivity index is 1.11. The van der Waals surface area contributed by atoms with Crippen LogP contribution in [0.15, 0.2) is 85.1 Å². The largest absolute Gasteiger partial charge is 0.457 e. The molecule has 0 atom stereocenters. The Morgan fingerprint density at radius 1 is 0.805 bits per heavy atom. The van der Waals surface area contributed by atoms with E-state index in [2.05, 4.69) is 10.3 Å². The fourth-order valence-electron chi connectivity index (χ4n) is 5.21. The van der Waals surface area contributed by atoms with Crippen molar-refractivity contribution >= 4 is 28.6 Å². The number of benzene rings is 3. The van der Waals surface area contributed by atoms with Gasteiger partial charge in [0, 0.05) is 50.6 Å². The molecule has 1 N–H and O–H groups in total. The number of carbonyl (C=O) groups excluding carboxylic acids is 3. The molecule has 8 nitrogen and oxygen atoms in total. The Morgan fingerprint density at radius 2 is 1.46 bits per heavy atom. The van der Waals surface area contributed by atoms with Gasteiger partial charge in [0.25, 0.3) is 0 Å². The molecule has 0 spiro atoms. The lowest BCUT2D eigenvalue weighted by Crippen LogP contribution is -2.47. The molecule has 1 aliphatic heterocycles. The zero-order valence-electron chi connectivity index (χ0n) is 22.7. The van der Waals surface area contributed by atoms with Gasteiger partial charge in [0.05, 0.1) is 10.9 Å². The smallest absolute Gasteiger partial charge is 0.415 e. The quantitative estimate of drug-likeness (QED) is 0.289. The Bertz CT molecular complexity index is 1580. The first kappa shape index (κ1) is 26.7. The van der Waals surface area contributed by atoms with Crippen LogP contribution in [0.2, 0.25) is 0 Å². The summed E-state index contributed by atoms with van der Waals surface area (Å²) in [5.74, 6) is 1.58. The number of fused-ring (bicyclic) bond motifs is 1. The van der Waals surface area contributed by atoms with E-state index in [0.717, 1.165) is 24.2 Å². The summed E-state index contributed by atoms with van der Waals surface area (Å²) in [4.78, 5) is 44.8. The number of amides is 1. The summed E-state index contributed by atoms with van der Waals surface area (Å²) in [5, 5.41) is 3.93. The van der Waals surface area contributed by atoms with Gasteiger partial charge in [-0.1, -0.05) is 42.5 Å². The second kappa shape index (κ2) is 11.5. The highest BCUT2D eigenvalue weighted by atomic mass is 16.6. The van der Waals surface area contributed by atoms with Crippen molar-refractivity contribution in [3.8, 4) is 17.2 Å². The minimum Gasteiger partial charge on any atom is -0.457 e. The summed E-state index contributed by atoms with van der Waals surface area (Å²) >= 11 is 0. The van der Waals surface area contributed by atoms with Crippen LogP contribution in [0.3, 0.4) is 0 Å². The van der Waals surface area contributed by atoms with Gasteiger partial charge in [-0.15, -0.1) is 0 Å². The van der Waals surface area contributed by atoms with Crippen molar-refractivity contribution in [1.82, 2.24) is 15.2 Å². The summed E-state index contributed by atoms with van der Waals surface area (Å²) in [5.41, 5.74) is 1.64. The molecule has 1 saturated carbocycles. The van der Waals surface area contributed by atoms with Gasteiger partial charge in [0.2, 0.25) is 0 Å². The third-order valence-electron chi connectivity index (χ3n) is 7.79. The number of hydrogen-bond donors (Lipinski definition) is 1. The Kier molecular flexibility index (Phi) is 7.48. The number of Topliss-reactive ketones (excluding diaryl/α,β-unsaturated/α-hetero) is 2. The molecule has 0 radical (unpaired) electrons. The average molecular weight is 550 g/mol. The molecule has 4 aromatic rings. The van der Waals surface area contributed by atoms with Crippen molar-refractivity contribution in [3.63, 3.8) is 0 Å². The standard InChI is InChI=1S/C33H31N3O5/c37-30(20-23-4-2-1-3-5-23)33(13-14-33)31(38)21-24-6-8-25(9-7-24)40-29-12-15-35-28-11-10-26(22-27(28)29)41-32(39)36-18-16-34-17-19-36/h1-12,15,22,34H,13-14,16-21H2. The number of rotatable bonds is 9. The van der Waals surface area contributed by atoms with Crippen LogP contribution in [0, 0.1) is 5.41 Å². The van der Waals surface area contributed by atoms with Crippen LogP contribution in [0.4, 0.5) is 4.79 Å². The predicted octanol–water partition coefficient (Wildman–Crippen LogP) is 5.13. The number of piperazine rings is 1. The topological polar surface area (TPSA) is 97.8 Å². The summed E-state index contributed by atoms with van der Waals surface area (Å²) < 4.78 is 11.8. The van der Waals surface area contributed by atoms with Gasteiger partial charge in [-0.25, -0.2) is 4.79 Å². The maximum Gasteiger partial charge on any atom is 0.415 e. The van der Waals surface area contributed by atoms with Crippen LogP contribution in [-0.4, -0.2) is 53.7 Å². The molecule has 2 heterocycles. The average Bonchev–Trinajstić information content (AvgIpc) is 3.82. The van der Waals surface area contributed by atoms with Crippen molar-refractivity contribution in [3.05, 3.63) is 96.2 Å². The van der Waals surface area contributed by atoms with E-state index in [1.807, 2.05) is 54.6 Å². The van der Waals surface area contributed by atoms with Gasteiger partial charge in [0.15, 0.2) is 11.6 Å². The van der Waals surface area contributed by atoms with E-state index < -0.39 is 5.41 Å². The Morgan fingerprint density at radius 3 is 2.15 bits per heavy atom. The summed E-state index contributed by atoms with van der Waals surface area (Å²) in [7, 11) is 0. The van der Waals surface area contributed by atoms with Crippen molar-refractivity contribution in [2.45, 2.75) is 25.7 Å². The van der Waals surface area contributed by atoms with E-state index in [1.165, 1.54) is 0 Å². The second-order valence-corrected chi connectivity index (χ2v) is 10.6. The molecular weight excluding hydrogens is 518 g/mol. The molecule has 2 aliphatic rings. The van der Waals surface area contributed by atoms with Crippen LogP contribution in [-0.2, 0) is 22.4 Å². The Labute approximate surface area is 238 Å². The molecule has 3 aromatic carbocycles. The minimum atomic E-state index is -0.840. The van der Waals surface area contributed by atoms with Crippen LogP contribution >= 0.6 is 0 Å². The molecular formula is C33H31N3O5. The monoisotopic (exact) mass is 549 g/mol. The second-order valence-electron chi connectivity index (χ2n) is 10.6. The number of ketones is 2. The molecule has 41 heavy (non-hydrogen) atoms. The number of nitrogens with zero attached hydrogens (tertiary/aromatic N) is 2. The van der Waals surface area contributed by atoms with Crippen LogP contribution in [0.1, 0.15) is 24.0 Å². The third kappa shape index (κ3) is 5.98. The number of aromatic nitrogens is 1. The van der Waals surface area contributed by atoms with Crippen LogP contribution in [0.5, 0.6) is 17.2 Å². The van der Waals surface area contributed by atoms with Gasteiger partial charge in [-0.2, -0.15) is 0 Å². The number of hydrogen-bond acceptors (Lipinski definition) is 7. The lowest BCUT2D eigenvalue weighted by Gasteiger charge is -2.26. The zero-order chi connectivity index (χ0) is 28.2. The molecule has 0 unspecified atom stereocenters. The first-order valence-corrected chi connectivity index (χ1v) is 13.9. The number of nitrogens with one attached hydrogen (secondary N) is 1. The summed E-state index contributed by atoms with van der Waals surface area (Å²) in [6.07, 6.45) is 3.04. The van der Waals surface area contributed by atoms with Gasteiger partial charge >= 0.3 is 6.09 Å². The van der Waals surface area contributed by atoms with Gasteiger partial charge < -0.3 is 19.7 Å². The fourth-order valence-corrected chi connectivity index (χ4v) is 5.21. The minimum absolute atomic E-state index is 0.0104. The first-order valence-electron chi connectivity index (χ1n) is 13.9. The predicted molar refractivity (Wildman–Crippen MR) is 154 cm³/mol. The molecule has 1 aromatic heterocycles.